The van der Waals surface area contributed by atoms with Crippen molar-refractivity contribution in [3.05, 3.63) is 82.0 Å². The molecule has 3 aromatic carbocycles. The zero-order valence-electron chi connectivity index (χ0n) is 12.4. The molecule has 0 saturated carbocycles. The predicted molar refractivity (Wildman–Crippen MR) is 94.8 cm³/mol. The summed E-state index contributed by atoms with van der Waals surface area (Å²) in [5.74, 6) is -0.365. The second-order valence-corrected chi connectivity index (χ2v) is 5.92. The molecular weight excluding hydrogens is 327 g/mol. The molecule has 2 N–H and O–H groups in total. The van der Waals surface area contributed by atoms with Gasteiger partial charge in [0, 0.05) is 11.1 Å². The molecule has 0 radical (unpaired) electrons. The number of imidazole rings is 1. The third-order valence-electron chi connectivity index (χ3n) is 3.97. The van der Waals surface area contributed by atoms with Gasteiger partial charge in [-0.05, 0) is 29.3 Å². The lowest BCUT2D eigenvalue weighted by Gasteiger charge is -2.09. The van der Waals surface area contributed by atoms with Crippen molar-refractivity contribution in [2.24, 2.45) is 0 Å². The van der Waals surface area contributed by atoms with Gasteiger partial charge in [0.25, 0.3) is 0 Å². The number of hydrogen-bond donors (Lipinski definition) is 2. The minimum absolute atomic E-state index is 0.321. The minimum atomic E-state index is -0.365. The van der Waals surface area contributed by atoms with Crippen LogP contribution in [0, 0.1) is 5.82 Å². The highest BCUT2D eigenvalue weighted by atomic mass is 35.5. The third-order valence-corrected chi connectivity index (χ3v) is 4.28. The molecule has 0 saturated heterocycles. The summed E-state index contributed by atoms with van der Waals surface area (Å²) in [6.45, 7) is 0. The minimum Gasteiger partial charge on any atom is -0.306 e. The number of hydrogen-bond acceptors (Lipinski definition) is 1. The van der Waals surface area contributed by atoms with Crippen LogP contribution in [0.5, 0.6) is 0 Å². The molecule has 3 nitrogen and oxygen atoms in total. The van der Waals surface area contributed by atoms with E-state index in [9.17, 15) is 9.18 Å². The Kier molecular flexibility index (Phi) is 3.47. The molecule has 0 unspecified atom stereocenters. The highest BCUT2D eigenvalue weighted by Crippen LogP contribution is 2.34. The number of aromatic nitrogens is 2. The van der Waals surface area contributed by atoms with E-state index >= 15 is 0 Å². The molecule has 4 rings (SSSR count). The second-order valence-electron chi connectivity index (χ2n) is 5.52. The van der Waals surface area contributed by atoms with Gasteiger partial charge in [-0.2, -0.15) is 0 Å². The Balaban J connectivity index is 1.85. The summed E-state index contributed by atoms with van der Waals surface area (Å²) >= 11 is 6.27. The fourth-order valence-electron chi connectivity index (χ4n) is 2.81. The maximum absolute atomic E-state index is 14.7. The average molecular weight is 339 g/mol. The van der Waals surface area contributed by atoms with E-state index in [-0.39, 0.29) is 11.5 Å². The van der Waals surface area contributed by atoms with Gasteiger partial charge in [0.2, 0.25) is 0 Å². The lowest BCUT2D eigenvalue weighted by Crippen LogP contribution is -1.99. The van der Waals surface area contributed by atoms with Gasteiger partial charge in [-0.3, -0.25) is 0 Å². The van der Waals surface area contributed by atoms with E-state index in [4.69, 9.17) is 11.6 Å². The number of halogens is 2. The van der Waals surface area contributed by atoms with Gasteiger partial charge in [0.15, 0.2) is 0 Å². The smallest absolute Gasteiger partial charge is 0.306 e. The monoisotopic (exact) mass is 338 g/mol. The van der Waals surface area contributed by atoms with E-state index in [1.807, 2.05) is 36.4 Å². The largest absolute Gasteiger partial charge is 0.323 e. The lowest BCUT2D eigenvalue weighted by molar-refractivity contribution is 0.632. The quantitative estimate of drug-likeness (QED) is 0.532. The van der Waals surface area contributed by atoms with Crippen molar-refractivity contribution in [1.29, 1.82) is 0 Å². The molecule has 0 aliphatic heterocycles. The number of nitrogens with one attached hydrogen (secondary N) is 2. The third kappa shape index (κ3) is 2.51. The second kappa shape index (κ2) is 5.65. The first kappa shape index (κ1) is 14.7. The van der Waals surface area contributed by atoms with Gasteiger partial charge in [-0.15, -0.1) is 0 Å². The molecule has 0 aliphatic carbocycles. The molecule has 4 aromatic rings. The van der Waals surface area contributed by atoms with Crippen molar-refractivity contribution in [2.45, 2.75) is 0 Å². The highest BCUT2D eigenvalue weighted by Gasteiger charge is 2.13. The number of aromatic amines is 2. The van der Waals surface area contributed by atoms with Crippen LogP contribution < -0.4 is 5.69 Å². The van der Waals surface area contributed by atoms with Crippen LogP contribution in [0.15, 0.2) is 65.5 Å². The molecule has 118 valence electrons. The van der Waals surface area contributed by atoms with Crippen LogP contribution in [0.1, 0.15) is 0 Å². The van der Waals surface area contributed by atoms with E-state index in [0.717, 1.165) is 11.1 Å². The molecule has 0 bridgehead atoms. The van der Waals surface area contributed by atoms with Crippen LogP contribution in [-0.2, 0) is 0 Å². The highest BCUT2D eigenvalue weighted by molar-refractivity contribution is 6.34. The summed E-state index contributed by atoms with van der Waals surface area (Å²) in [7, 11) is 0. The van der Waals surface area contributed by atoms with Gasteiger partial charge in [0.1, 0.15) is 5.82 Å². The number of rotatable bonds is 2. The number of benzene rings is 3. The van der Waals surface area contributed by atoms with E-state index in [1.165, 1.54) is 6.07 Å². The summed E-state index contributed by atoms with van der Waals surface area (Å²) < 4.78 is 14.7. The van der Waals surface area contributed by atoms with E-state index in [2.05, 4.69) is 9.97 Å². The molecule has 0 atom stereocenters. The van der Waals surface area contributed by atoms with E-state index in [0.29, 0.717) is 27.2 Å². The zero-order chi connectivity index (χ0) is 16.7. The van der Waals surface area contributed by atoms with Gasteiger partial charge in [-0.25, -0.2) is 9.18 Å². The van der Waals surface area contributed by atoms with Crippen molar-refractivity contribution < 1.29 is 4.39 Å². The molecule has 0 amide bonds. The predicted octanol–water partition coefficient (Wildman–Crippen LogP) is 4.98. The summed E-state index contributed by atoms with van der Waals surface area (Å²) in [6.07, 6.45) is 0. The summed E-state index contributed by atoms with van der Waals surface area (Å²) in [4.78, 5) is 16.7. The molecule has 1 heterocycles. The fourth-order valence-corrected chi connectivity index (χ4v) is 3.07. The van der Waals surface area contributed by atoms with Crippen LogP contribution in [0.4, 0.5) is 4.39 Å². The van der Waals surface area contributed by atoms with Crippen LogP contribution in [0.2, 0.25) is 5.02 Å². The average Bonchev–Trinajstić information content (AvgIpc) is 2.94. The van der Waals surface area contributed by atoms with Crippen LogP contribution in [0.3, 0.4) is 0 Å². The van der Waals surface area contributed by atoms with Crippen molar-refractivity contribution >= 4 is 22.6 Å². The van der Waals surface area contributed by atoms with Crippen LogP contribution >= 0.6 is 11.6 Å². The van der Waals surface area contributed by atoms with Crippen molar-refractivity contribution in [1.82, 2.24) is 9.97 Å². The Labute approximate surface area is 141 Å². The molecule has 1 aromatic heterocycles. The molecule has 0 fully saturated rings. The van der Waals surface area contributed by atoms with Crippen LogP contribution in [0.25, 0.3) is 33.3 Å². The zero-order valence-corrected chi connectivity index (χ0v) is 13.2. The van der Waals surface area contributed by atoms with Gasteiger partial charge in [-0.1, -0.05) is 54.1 Å². The maximum atomic E-state index is 14.7. The van der Waals surface area contributed by atoms with Crippen LogP contribution in [-0.4, -0.2) is 9.97 Å². The first-order valence-corrected chi connectivity index (χ1v) is 7.76. The lowest BCUT2D eigenvalue weighted by atomic mass is 9.99. The standard InChI is InChI=1S/C19H12ClFN2O/c20-15-10-18-17(22-19(24)23-18)9-14(15)13-7-6-12(8-16(13)21)11-4-2-1-3-5-11/h1-10H,(H2,22,23,24). The Morgan fingerprint density at radius 1 is 0.792 bits per heavy atom. The van der Waals surface area contributed by atoms with Crippen molar-refractivity contribution in [3.63, 3.8) is 0 Å². The SMILES string of the molecule is O=c1[nH]c2cc(Cl)c(-c3ccc(-c4ccccc4)cc3F)cc2[nH]1. The summed E-state index contributed by atoms with van der Waals surface area (Å²) in [5, 5.41) is 0.379. The van der Waals surface area contributed by atoms with Crippen molar-refractivity contribution in [3.8, 4) is 22.3 Å². The first-order valence-electron chi connectivity index (χ1n) is 7.39. The number of H-pyrrole nitrogens is 2. The Morgan fingerprint density at radius 2 is 1.50 bits per heavy atom. The first-order chi connectivity index (χ1) is 11.6. The van der Waals surface area contributed by atoms with Gasteiger partial charge < -0.3 is 9.97 Å². The Bertz CT molecular complexity index is 1100. The Morgan fingerprint density at radius 3 is 2.21 bits per heavy atom. The van der Waals surface area contributed by atoms with Gasteiger partial charge >= 0.3 is 5.69 Å². The molecule has 0 spiro atoms. The number of fused-ring (bicyclic) bond motifs is 1. The van der Waals surface area contributed by atoms with Gasteiger partial charge in [0.05, 0.1) is 16.1 Å². The molecular formula is C19H12ClFN2O. The van der Waals surface area contributed by atoms with E-state index < -0.39 is 0 Å². The summed E-state index contributed by atoms with van der Waals surface area (Å²) in [6, 6.07) is 17.9. The molecule has 24 heavy (non-hydrogen) atoms. The topological polar surface area (TPSA) is 48.6 Å². The Hall–Kier alpha value is -2.85. The van der Waals surface area contributed by atoms with Crippen molar-refractivity contribution in [2.75, 3.05) is 0 Å². The van der Waals surface area contributed by atoms with E-state index in [1.54, 1.807) is 18.2 Å². The molecule has 5 heteroatoms. The maximum Gasteiger partial charge on any atom is 0.323 e. The summed E-state index contributed by atoms with van der Waals surface area (Å²) in [5.41, 5.74) is 3.53. The normalized spacial score (nSPS) is 11.1. The molecule has 0 aliphatic rings. The fraction of sp³-hybridized carbons (Fsp3) is 0.